The molecular weight excluding hydrogens is 220 g/mol. The fraction of sp³-hybridized carbons (Fsp3) is 1.00. The van der Waals surface area contributed by atoms with E-state index in [4.69, 9.17) is 5.73 Å². The Morgan fingerprint density at radius 3 is 2.33 bits per heavy atom. The lowest BCUT2D eigenvalue weighted by atomic mass is 9.76. The van der Waals surface area contributed by atoms with Gasteiger partial charge in [-0.15, -0.1) is 0 Å². The van der Waals surface area contributed by atoms with Crippen molar-refractivity contribution in [3.63, 3.8) is 0 Å². The first-order valence-corrected chi connectivity index (χ1v) is 7.68. The van der Waals surface area contributed by atoms with Gasteiger partial charge in [0.2, 0.25) is 0 Å². The van der Waals surface area contributed by atoms with Gasteiger partial charge in [0.15, 0.2) is 0 Å². The second-order valence-electron chi connectivity index (χ2n) is 7.88. The largest absolute Gasteiger partial charge is 0.330 e. The third-order valence-electron chi connectivity index (χ3n) is 4.75. The first kappa shape index (κ1) is 16.0. The summed E-state index contributed by atoms with van der Waals surface area (Å²) in [5.74, 6) is 1.68. The molecule has 0 aliphatic heterocycles. The Bertz CT molecular complexity index is 240. The van der Waals surface area contributed by atoms with Crippen LogP contribution in [-0.2, 0) is 0 Å². The number of rotatable bonds is 8. The van der Waals surface area contributed by atoms with Crippen molar-refractivity contribution in [2.24, 2.45) is 28.4 Å². The normalized spacial score (nSPS) is 24.0. The molecular formula is C16H34N2. The Kier molecular flexibility index (Phi) is 5.67. The van der Waals surface area contributed by atoms with Gasteiger partial charge < -0.3 is 11.1 Å². The maximum Gasteiger partial charge on any atom is -0.00152 e. The smallest absolute Gasteiger partial charge is 0.00152 e. The van der Waals surface area contributed by atoms with Crippen molar-refractivity contribution in [2.45, 2.75) is 60.3 Å². The molecule has 1 fully saturated rings. The number of nitrogens with one attached hydrogen (secondary N) is 1. The quantitative estimate of drug-likeness (QED) is 0.651. The van der Waals surface area contributed by atoms with Crippen LogP contribution < -0.4 is 11.1 Å². The number of nitrogens with two attached hydrogens (primary N) is 1. The fourth-order valence-corrected chi connectivity index (χ4v) is 2.89. The second kappa shape index (κ2) is 6.38. The zero-order valence-electron chi connectivity index (χ0n) is 13.2. The summed E-state index contributed by atoms with van der Waals surface area (Å²) >= 11 is 0. The summed E-state index contributed by atoms with van der Waals surface area (Å²) < 4.78 is 0. The van der Waals surface area contributed by atoms with E-state index in [0.29, 0.717) is 10.8 Å². The molecule has 2 unspecified atom stereocenters. The highest BCUT2D eigenvalue weighted by molar-refractivity contribution is 4.96. The third-order valence-corrected chi connectivity index (χ3v) is 4.75. The summed E-state index contributed by atoms with van der Waals surface area (Å²) in [4.78, 5) is 0. The van der Waals surface area contributed by atoms with Crippen LogP contribution >= 0.6 is 0 Å². The molecule has 108 valence electrons. The number of hydrogen-bond donors (Lipinski definition) is 2. The van der Waals surface area contributed by atoms with Crippen LogP contribution in [-0.4, -0.2) is 19.6 Å². The lowest BCUT2D eigenvalue weighted by Crippen LogP contribution is -2.25. The molecule has 2 atom stereocenters. The van der Waals surface area contributed by atoms with Crippen LogP contribution in [0.1, 0.15) is 60.3 Å². The van der Waals surface area contributed by atoms with Gasteiger partial charge in [0, 0.05) is 0 Å². The van der Waals surface area contributed by atoms with Crippen LogP contribution in [0.25, 0.3) is 0 Å². The summed E-state index contributed by atoms with van der Waals surface area (Å²) in [6, 6.07) is 0. The minimum Gasteiger partial charge on any atom is -0.330 e. The van der Waals surface area contributed by atoms with Crippen molar-refractivity contribution in [3.05, 3.63) is 0 Å². The maximum absolute atomic E-state index is 5.72. The fourth-order valence-electron chi connectivity index (χ4n) is 2.89. The van der Waals surface area contributed by atoms with Crippen molar-refractivity contribution < 1.29 is 0 Å². The van der Waals surface area contributed by atoms with E-state index in [-0.39, 0.29) is 0 Å². The van der Waals surface area contributed by atoms with E-state index in [2.05, 4.69) is 39.9 Å². The molecule has 0 spiro atoms. The summed E-state index contributed by atoms with van der Waals surface area (Å²) in [7, 11) is 0. The van der Waals surface area contributed by atoms with Crippen LogP contribution in [0.3, 0.4) is 0 Å². The molecule has 3 N–H and O–H groups in total. The van der Waals surface area contributed by atoms with Gasteiger partial charge in [-0.2, -0.15) is 0 Å². The molecule has 18 heavy (non-hydrogen) atoms. The molecule has 0 aromatic carbocycles. The first-order chi connectivity index (χ1) is 8.27. The third kappa shape index (κ3) is 5.27. The van der Waals surface area contributed by atoms with Crippen molar-refractivity contribution >= 4 is 0 Å². The molecule has 1 aliphatic rings. The minimum atomic E-state index is 0.401. The molecule has 2 nitrogen and oxygen atoms in total. The average molecular weight is 254 g/mol. The summed E-state index contributed by atoms with van der Waals surface area (Å²) in [5, 5.41) is 3.62. The highest BCUT2D eigenvalue weighted by atomic mass is 14.9. The van der Waals surface area contributed by atoms with E-state index in [1.54, 1.807) is 0 Å². The van der Waals surface area contributed by atoms with Gasteiger partial charge in [-0.25, -0.2) is 0 Å². The summed E-state index contributed by atoms with van der Waals surface area (Å²) in [5.41, 5.74) is 6.73. The minimum absolute atomic E-state index is 0.401. The van der Waals surface area contributed by atoms with Crippen molar-refractivity contribution in [1.29, 1.82) is 0 Å². The number of hydrogen-bond acceptors (Lipinski definition) is 2. The maximum atomic E-state index is 5.72. The lowest BCUT2D eigenvalue weighted by molar-refractivity contribution is 0.210. The Hall–Kier alpha value is -0.0800. The molecule has 1 aliphatic carbocycles. The van der Waals surface area contributed by atoms with Crippen molar-refractivity contribution in [2.75, 3.05) is 19.6 Å². The average Bonchev–Trinajstić information content (AvgIpc) is 2.83. The van der Waals surface area contributed by atoms with Crippen LogP contribution in [0.15, 0.2) is 0 Å². The molecule has 0 aromatic heterocycles. The van der Waals surface area contributed by atoms with Gasteiger partial charge in [0.05, 0.1) is 0 Å². The Morgan fingerprint density at radius 1 is 1.28 bits per heavy atom. The highest BCUT2D eigenvalue weighted by Gasteiger charge is 2.44. The zero-order chi connectivity index (χ0) is 13.8. The topological polar surface area (TPSA) is 38.0 Å². The van der Waals surface area contributed by atoms with Gasteiger partial charge in [0.25, 0.3) is 0 Å². The highest BCUT2D eigenvalue weighted by Crippen LogP contribution is 2.50. The predicted octanol–water partition coefficient (Wildman–Crippen LogP) is 3.41. The van der Waals surface area contributed by atoms with E-state index in [1.165, 1.54) is 38.8 Å². The second-order valence-corrected chi connectivity index (χ2v) is 7.88. The SMILES string of the molecule is CC(C)(C)C(CCN)CCCNCC1CC1(C)C. The molecule has 0 heterocycles. The molecule has 0 bridgehead atoms. The Balaban J connectivity index is 2.08. The van der Waals surface area contributed by atoms with Crippen LogP contribution in [0.2, 0.25) is 0 Å². The molecule has 0 amide bonds. The van der Waals surface area contributed by atoms with Gasteiger partial charge in [-0.3, -0.25) is 0 Å². The van der Waals surface area contributed by atoms with Crippen molar-refractivity contribution in [3.8, 4) is 0 Å². The van der Waals surface area contributed by atoms with Crippen LogP contribution in [0.4, 0.5) is 0 Å². The van der Waals surface area contributed by atoms with E-state index in [9.17, 15) is 0 Å². The van der Waals surface area contributed by atoms with E-state index in [0.717, 1.165) is 18.4 Å². The first-order valence-electron chi connectivity index (χ1n) is 7.68. The summed E-state index contributed by atoms with van der Waals surface area (Å²) in [6.07, 6.45) is 5.16. The van der Waals surface area contributed by atoms with Gasteiger partial charge in [-0.05, 0) is 68.0 Å². The summed E-state index contributed by atoms with van der Waals surface area (Å²) in [6.45, 7) is 15.0. The molecule has 0 saturated heterocycles. The molecule has 0 radical (unpaired) electrons. The van der Waals surface area contributed by atoms with Gasteiger partial charge in [0.1, 0.15) is 0 Å². The zero-order valence-corrected chi connectivity index (χ0v) is 13.2. The van der Waals surface area contributed by atoms with Crippen LogP contribution in [0, 0.1) is 22.7 Å². The molecule has 2 heteroatoms. The molecule has 0 aromatic rings. The van der Waals surface area contributed by atoms with E-state index in [1.807, 2.05) is 0 Å². The monoisotopic (exact) mass is 254 g/mol. The van der Waals surface area contributed by atoms with Gasteiger partial charge in [-0.1, -0.05) is 34.6 Å². The van der Waals surface area contributed by atoms with E-state index < -0.39 is 0 Å². The molecule has 1 rings (SSSR count). The van der Waals surface area contributed by atoms with Crippen LogP contribution in [0.5, 0.6) is 0 Å². The lowest BCUT2D eigenvalue weighted by Gasteiger charge is -2.30. The van der Waals surface area contributed by atoms with Gasteiger partial charge >= 0.3 is 0 Å². The van der Waals surface area contributed by atoms with Crippen molar-refractivity contribution in [1.82, 2.24) is 5.32 Å². The van der Waals surface area contributed by atoms with E-state index >= 15 is 0 Å². The Labute approximate surface area is 114 Å². The molecule has 1 saturated carbocycles. The Morgan fingerprint density at radius 2 is 1.89 bits per heavy atom. The predicted molar refractivity (Wildman–Crippen MR) is 80.6 cm³/mol. The standard InChI is InChI=1S/C16H34N2/c1-15(2,3)13(8-9-17)7-6-10-18-12-14-11-16(14,4)5/h13-14,18H,6-12,17H2,1-5H3.